The second-order valence-electron chi connectivity index (χ2n) is 3.79. The Kier molecular flexibility index (Phi) is 2.93. The van der Waals surface area contributed by atoms with Crippen molar-refractivity contribution in [1.82, 2.24) is 0 Å². The van der Waals surface area contributed by atoms with Crippen LogP contribution in [0.25, 0.3) is 0 Å². The smallest absolute Gasteiger partial charge is 0.183 e. The lowest BCUT2D eigenvalue weighted by molar-refractivity contribution is -0.00682. The molecule has 1 aromatic rings. The van der Waals surface area contributed by atoms with Gasteiger partial charge in [0, 0.05) is 0 Å². The predicted octanol–water partition coefficient (Wildman–Crippen LogP) is 3.53. The number of aliphatic hydroxyl groups excluding tert-OH is 1. The maximum atomic E-state index is 10.1. The van der Waals surface area contributed by atoms with Crippen molar-refractivity contribution in [2.24, 2.45) is 5.41 Å². The van der Waals surface area contributed by atoms with Crippen molar-refractivity contribution in [3.8, 4) is 6.07 Å². The highest BCUT2D eigenvalue weighted by atomic mass is 79.9. The van der Waals surface area contributed by atoms with Gasteiger partial charge in [0.2, 0.25) is 0 Å². The number of halogens is 2. The minimum absolute atomic E-state index is 0.440. The second-order valence-corrected chi connectivity index (χ2v) is 5.37. The van der Waals surface area contributed by atoms with Crippen LogP contribution in [-0.4, -0.2) is 5.11 Å². The summed E-state index contributed by atoms with van der Waals surface area (Å²) in [6.07, 6.45) is 1.63. The molecule has 1 unspecified atom stereocenters. The van der Waals surface area contributed by atoms with Crippen LogP contribution in [0.15, 0.2) is 19.6 Å². The van der Waals surface area contributed by atoms with Crippen LogP contribution in [0.2, 0.25) is 0 Å². The maximum absolute atomic E-state index is 10.1. The maximum Gasteiger partial charge on any atom is 0.183 e. The molecular weight excluding hydrogens is 326 g/mol. The van der Waals surface area contributed by atoms with E-state index in [-0.39, 0.29) is 0 Å². The normalized spacial score (nSPS) is 20.4. The number of furan rings is 1. The zero-order chi connectivity index (χ0) is 11.1. The SMILES string of the molecule is N#CC1(C(O)c2cc(Br)c(Br)o2)CCC1. The molecule has 80 valence electrons. The van der Waals surface area contributed by atoms with E-state index >= 15 is 0 Å². The molecule has 1 aromatic heterocycles. The van der Waals surface area contributed by atoms with E-state index in [1.54, 1.807) is 6.07 Å². The standard InChI is InChI=1S/C10H9Br2NO2/c11-6-4-7(15-9(6)12)8(14)10(5-13)2-1-3-10/h4,8,14H,1-3H2. The van der Waals surface area contributed by atoms with Gasteiger partial charge in [-0.3, -0.25) is 0 Å². The molecule has 1 saturated carbocycles. The largest absolute Gasteiger partial charge is 0.450 e. The van der Waals surface area contributed by atoms with Gasteiger partial charge in [0.15, 0.2) is 4.67 Å². The van der Waals surface area contributed by atoms with Crippen LogP contribution in [0.5, 0.6) is 0 Å². The molecule has 0 spiro atoms. The van der Waals surface area contributed by atoms with Crippen LogP contribution in [0.1, 0.15) is 31.1 Å². The molecule has 0 radical (unpaired) electrons. The Morgan fingerprint density at radius 2 is 2.20 bits per heavy atom. The molecule has 1 aliphatic carbocycles. The summed E-state index contributed by atoms with van der Waals surface area (Å²) < 4.78 is 6.63. The molecule has 0 aromatic carbocycles. The van der Waals surface area contributed by atoms with Crippen molar-refractivity contribution in [3.63, 3.8) is 0 Å². The lowest BCUT2D eigenvalue weighted by Gasteiger charge is -2.38. The second kappa shape index (κ2) is 3.93. The first-order valence-corrected chi connectivity index (χ1v) is 6.22. The van der Waals surface area contributed by atoms with Gasteiger partial charge in [-0.15, -0.1) is 0 Å². The van der Waals surface area contributed by atoms with Gasteiger partial charge in [-0.2, -0.15) is 5.26 Å². The molecular formula is C10H9Br2NO2. The number of hydrogen-bond acceptors (Lipinski definition) is 3. The molecule has 1 atom stereocenters. The predicted molar refractivity (Wildman–Crippen MR) is 61.0 cm³/mol. The van der Waals surface area contributed by atoms with Crippen LogP contribution < -0.4 is 0 Å². The summed E-state index contributed by atoms with van der Waals surface area (Å²) in [4.78, 5) is 0. The van der Waals surface area contributed by atoms with Crippen LogP contribution >= 0.6 is 31.9 Å². The molecule has 5 heteroatoms. The lowest BCUT2D eigenvalue weighted by Crippen LogP contribution is -2.34. The van der Waals surface area contributed by atoms with Gasteiger partial charge < -0.3 is 9.52 Å². The van der Waals surface area contributed by atoms with Gasteiger partial charge in [0.25, 0.3) is 0 Å². The Morgan fingerprint density at radius 3 is 2.53 bits per heavy atom. The van der Waals surface area contributed by atoms with Crippen LogP contribution in [-0.2, 0) is 0 Å². The van der Waals surface area contributed by atoms with Gasteiger partial charge in [0.1, 0.15) is 11.9 Å². The molecule has 3 nitrogen and oxygen atoms in total. The fourth-order valence-corrected chi connectivity index (χ4v) is 2.38. The fourth-order valence-electron chi connectivity index (χ4n) is 1.77. The van der Waals surface area contributed by atoms with Crippen molar-refractivity contribution in [3.05, 3.63) is 21.0 Å². The van der Waals surface area contributed by atoms with Crippen molar-refractivity contribution in [2.45, 2.75) is 25.4 Å². The average Bonchev–Trinajstić information content (AvgIpc) is 2.46. The van der Waals surface area contributed by atoms with Gasteiger partial charge in [-0.1, -0.05) is 6.42 Å². The quantitative estimate of drug-likeness (QED) is 0.900. The Bertz CT molecular complexity index is 398. The first-order chi connectivity index (χ1) is 7.09. The summed E-state index contributed by atoms with van der Waals surface area (Å²) in [6.45, 7) is 0. The van der Waals surface area contributed by atoms with E-state index in [0.717, 1.165) is 23.7 Å². The Labute approximate surface area is 104 Å². The van der Waals surface area contributed by atoms with Crippen molar-refractivity contribution in [2.75, 3.05) is 0 Å². The Balaban J connectivity index is 2.28. The third-order valence-corrected chi connectivity index (χ3v) is 4.64. The summed E-state index contributed by atoms with van der Waals surface area (Å²) in [7, 11) is 0. The monoisotopic (exact) mass is 333 g/mol. The van der Waals surface area contributed by atoms with Gasteiger partial charge in [0.05, 0.1) is 16.0 Å². The highest BCUT2D eigenvalue weighted by molar-refractivity contribution is 9.13. The molecule has 0 amide bonds. The zero-order valence-corrected chi connectivity index (χ0v) is 11.0. The van der Waals surface area contributed by atoms with Crippen LogP contribution in [0, 0.1) is 16.7 Å². The van der Waals surface area contributed by atoms with Gasteiger partial charge >= 0.3 is 0 Å². The molecule has 0 aliphatic heterocycles. The summed E-state index contributed by atoms with van der Waals surface area (Å²) >= 11 is 6.48. The summed E-state index contributed by atoms with van der Waals surface area (Å²) in [5.74, 6) is 0.440. The molecule has 0 saturated heterocycles. The van der Waals surface area contributed by atoms with E-state index in [9.17, 15) is 5.11 Å². The van der Waals surface area contributed by atoms with Gasteiger partial charge in [-0.25, -0.2) is 0 Å². The number of nitrogens with zero attached hydrogens (tertiary/aromatic N) is 1. The number of nitriles is 1. The van der Waals surface area contributed by atoms with Crippen molar-refractivity contribution >= 4 is 31.9 Å². The highest BCUT2D eigenvalue weighted by Crippen LogP contribution is 2.50. The van der Waals surface area contributed by atoms with Crippen molar-refractivity contribution < 1.29 is 9.52 Å². The van der Waals surface area contributed by atoms with E-state index in [4.69, 9.17) is 9.68 Å². The fraction of sp³-hybridized carbons (Fsp3) is 0.500. The summed E-state index contributed by atoms with van der Waals surface area (Å²) in [6, 6.07) is 3.90. The molecule has 1 heterocycles. The third-order valence-electron chi connectivity index (χ3n) is 2.93. The molecule has 0 bridgehead atoms. The molecule has 1 fully saturated rings. The average molecular weight is 335 g/mol. The van der Waals surface area contributed by atoms with E-state index in [1.165, 1.54) is 0 Å². The van der Waals surface area contributed by atoms with E-state index in [2.05, 4.69) is 37.9 Å². The van der Waals surface area contributed by atoms with Crippen LogP contribution in [0.3, 0.4) is 0 Å². The number of hydrogen-bond donors (Lipinski definition) is 1. The third kappa shape index (κ3) is 1.75. The molecule has 1 aliphatic rings. The molecule has 2 rings (SSSR count). The number of aliphatic hydroxyl groups is 1. The first kappa shape index (κ1) is 11.2. The Morgan fingerprint density at radius 1 is 1.53 bits per heavy atom. The van der Waals surface area contributed by atoms with E-state index < -0.39 is 11.5 Å². The van der Waals surface area contributed by atoms with E-state index in [1.807, 2.05) is 0 Å². The van der Waals surface area contributed by atoms with E-state index in [0.29, 0.717) is 10.4 Å². The topological polar surface area (TPSA) is 57.2 Å². The minimum atomic E-state index is -0.834. The minimum Gasteiger partial charge on any atom is -0.450 e. The number of rotatable bonds is 2. The summed E-state index contributed by atoms with van der Waals surface area (Å²) in [5.41, 5.74) is -0.642. The molecule has 15 heavy (non-hydrogen) atoms. The Hall–Kier alpha value is -0.310. The zero-order valence-electron chi connectivity index (χ0n) is 7.83. The van der Waals surface area contributed by atoms with Crippen molar-refractivity contribution in [1.29, 1.82) is 5.26 Å². The highest BCUT2D eigenvalue weighted by Gasteiger charge is 2.46. The summed E-state index contributed by atoms with van der Waals surface area (Å²) in [5, 5.41) is 19.1. The molecule has 1 N–H and O–H groups in total. The van der Waals surface area contributed by atoms with Crippen LogP contribution in [0.4, 0.5) is 0 Å². The lowest BCUT2D eigenvalue weighted by atomic mass is 9.65. The van der Waals surface area contributed by atoms with Gasteiger partial charge in [-0.05, 0) is 50.8 Å². The first-order valence-electron chi connectivity index (χ1n) is 4.63.